The van der Waals surface area contributed by atoms with E-state index in [1.165, 1.54) is 35.9 Å². The van der Waals surface area contributed by atoms with Crippen molar-refractivity contribution in [1.82, 2.24) is 10.2 Å². The van der Waals surface area contributed by atoms with Gasteiger partial charge in [0.05, 0.1) is 24.3 Å². The van der Waals surface area contributed by atoms with Gasteiger partial charge in [0.15, 0.2) is 4.34 Å². The van der Waals surface area contributed by atoms with Crippen molar-refractivity contribution in [1.29, 1.82) is 0 Å². The van der Waals surface area contributed by atoms with Crippen molar-refractivity contribution in [2.45, 2.75) is 35.6 Å². The fraction of sp³-hybridized carbons (Fsp3) is 0.194. The second-order valence-electron chi connectivity index (χ2n) is 10.1. The Morgan fingerprint density at radius 1 is 1.09 bits per heavy atom. The Labute approximate surface area is 270 Å². The summed E-state index contributed by atoms with van der Waals surface area (Å²) in [6.07, 6.45) is 0.636. The van der Waals surface area contributed by atoms with Crippen LogP contribution in [-0.4, -0.2) is 46.2 Å². The highest BCUT2D eigenvalue weighted by Crippen LogP contribution is 2.45. The lowest BCUT2D eigenvalue weighted by Gasteiger charge is -2.22. The number of carbonyl (C=O) groups is 3. The molecule has 3 aromatic carbocycles. The zero-order valence-electron chi connectivity index (χ0n) is 23.2. The zero-order chi connectivity index (χ0) is 31.1. The third-order valence-corrected chi connectivity index (χ3v) is 9.92. The zero-order valence-corrected chi connectivity index (χ0v) is 26.4. The molecular formula is C31H23Cl2N3O6S2. The van der Waals surface area contributed by atoms with Crippen molar-refractivity contribution >= 4 is 74.9 Å². The highest BCUT2D eigenvalue weighted by molar-refractivity contribution is 8.00. The summed E-state index contributed by atoms with van der Waals surface area (Å²) in [5, 5.41) is 21.2. The molecule has 1 fully saturated rings. The molecule has 1 N–H and O–H groups in total. The molecule has 0 bridgehead atoms. The van der Waals surface area contributed by atoms with E-state index >= 15 is 0 Å². The van der Waals surface area contributed by atoms with Crippen molar-refractivity contribution in [3.63, 3.8) is 0 Å². The first-order chi connectivity index (χ1) is 21.1. The number of esters is 1. The number of hydrogen-bond acceptors (Lipinski definition) is 10. The number of carbonyl (C=O) groups excluding carboxylic acids is 3. The SMILES string of the molecule is COC(=O)c1ccc(C2C(=C(O)c3ccc4c(c3)CC(C)O4)C(=O)C(=O)N2c2nnc(SCc3ccc(Cl)cc3Cl)s2)cc1. The van der Waals surface area contributed by atoms with Crippen LogP contribution < -0.4 is 9.64 Å². The van der Waals surface area contributed by atoms with Crippen LogP contribution in [0.4, 0.5) is 5.13 Å². The van der Waals surface area contributed by atoms with Crippen LogP contribution in [0.5, 0.6) is 5.75 Å². The highest BCUT2D eigenvalue weighted by Gasteiger charge is 2.48. The number of nitrogens with zero attached hydrogens (tertiary/aromatic N) is 3. The Hall–Kier alpha value is -3.90. The molecule has 2 aliphatic rings. The van der Waals surface area contributed by atoms with Gasteiger partial charge in [-0.05, 0) is 66.1 Å². The van der Waals surface area contributed by atoms with E-state index in [0.717, 1.165) is 22.5 Å². The number of thioether (sulfide) groups is 1. The molecule has 4 aromatic rings. The predicted molar refractivity (Wildman–Crippen MR) is 169 cm³/mol. The third kappa shape index (κ3) is 5.68. The molecule has 224 valence electrons. The number of amides is 1. The number of aliphatic hydroxyl groups is 1. The lowest BCUT2D eigenvalue weighted by Crippen LogP contribution is -2.29. The Morgan fingerprint density at radius 3 is 2.57 bits per heavy atom. The lowest BCUT2D eigenvalue weighted by atomic mass is 9.94. The summed E-state index contributed by atoms with van der Waals surface area (Å²) in [6, 6.07) is 15.6. The van der Waals surface area contributed by atoms with Crippen molar-refractivity contribution in [2.24, 2.45) is 0 Å². The van der Waals surface area contributed by atoms with Crippen molar-refractivity contribution in [3.05, 3.63) is 104 Å². The van der Waals surface area contributed by atoms with E-state index in [-0.39, 0.29) is 28.1 Å². The first-order valence-corrected chi connectivity index (χ1v) is 15.9. The predicted octanol–water partition coefficient (Wildman–Crippen LogP) is 6.87. The fourth-order valence-electron chi connectivity index (χ4n) is 5.13. The average Bonchev–Trinajstić information content (AvgIpc) is 3.70. The van der Waals surface area contributed by atoms with Crippen LogP contribution in [0.2, 0.25) is 10.0 Å². The normalized spacial score (nSPS) is 18.8. The minimum absolute atomic E-state index is 0.0125. The van der Waals surface area contributed by atoms with Gasteiger partial charge in [-0.2, -0.15) is 0 Å². The number of Topliss-reactive ketones (excluding diaryl/α,β-unsaturated/α-hetero) is 1. The molecular weight excluding hydrogens is 645 g/mol. The summed E-state index contributed by atoms with van der Waals surface area (Å²) in [5.74, 6) is -1.41. The summed E-state index contributed by atoms with van der Waals surface area (Å²) < 4.78 is 11.1. The van der Waals surface area contributed by atoms with E-state index < -0.39 is 23.7 Å². The van der Waals surface area contributed by atoms with E-state index in [1.54, 1.807) is 42.5 Å². The summed E-state index contributed by atoms with van der Waals surface area (Å²) in [7, 11) is 1.28. The number of fused-ring (bicyclic) bond motifs is 1. The molecule has 1 saturated heterocycles. The molecule has 2 unspecified atom stereocenters. The second kappa shape index (κ2) is 12.2. The van der Waals surface area contributed by atoms with Gasteiger partial charge >= 0.3 is 11.9 Å². The number of aromatic nitrogens is 2. The Morgan fingerprint density at radius 2 is 1.84 bits per heavy atom. The van der Waals surface area contributed by atoms with Crippen LogP contribution in [0.25, 0.3) is 5.76 Å². The Kier molecular flexibility index (Phi) is 8.38. The molecule has 0 radical (unpaired) electrons. The number of ketones is 1. The van der Waals surface area contributed by atoms with E-state index in [2.05, 4.69) is 10.2 Å². The van der Waals surface area contributed by atoms with Crippen LogP contribution in [0, 0.1) is 0 Å². The maximum Gasteiger partial charge on any atom is 0.337 e. The van der Waals surface area contributed by atoms with Crippen LogP contribution in [-0.2, 0) is 26.5 Å². The number of ether oxygens (including phenoxy) is 2. The number of rotatable bonds is 7. The largest absolute Gasteiger partial charge is 0.507 e. The first kappa shape index (κ1) is 30.1. The molecule has 44 heavy (non-hydrogen) atoms. The quantitative estimate of drug-likeness (QED) is 0.0562. The Balaban J connectivity index is 1.39. The van der Waals surface area contributed by atoms with Gasteiger partial charge in [-0.25, -0.2) is 4.79 Å². The van der Waals surface area contributed by atoms with E-state index in [0.29, 0.717) is 43.4 Å². The molecule has 13 heteroatoms. The van der Waals surface area contributed by atoms with Gasteiger partial charge in [0.2, 0.25) is 5.13 Å². The van der Waals surface area contributed by atoms with Gasteiger partial charge in [-0.3, -0.25) is 14.5 Å². The smallest absolute Gasteiger partial charge is 0.337 e. The molecule has 9 nitrogen and oxygen atoms in total. The molecule has 2 aliphatic heterocycles. The summed E-state index contributed by atoms with van der Waals surface area (Å²) in [6.45, 7) is 1.95. The van der Waals surface area contributed by atoms with Crippen LogP contribution >= 0.6 is 46.3 Å². The fourth-order valence-corrected chi connectivity index (χ4v) is 7.55. The van der Waals surface area contributed by atoms with Crippen molar-refractivity contribution < 1.29 is 29.0 Å². The number of benzene rings is 3. The summed E-state index contributed by atoms with van der Waals surface area (Å²) >= 11 is 14.8. The minimum atomic E-state index is -1.04. The number of anilines is 1. The highest BCUT2D eigenvalue weighted by atomic mass is 35.5. The lowest BCUT2D eigenvalue weighted by molar-refractivity contribution is -0.132. The number of aliphatic hydroxyl groups excluding tert-OH is 1. The standard InChI is InChI=1S/C31H23Cl2N3O6S2/c1-15-11-20-12-18(8-10-23(20)42-15)26(37)24-25(16-3-5-17(6-4-16)29(40)41-2)36(28(39)27(24)38)30-34-35-31(44-30)43-14-19-7-9-21(32)13-22(19)33/h3-10,12-13,15,25,37H,11,14H2,1-2H3. The molecule has 2 atom stereocenters. The van der Waals surface area contributed by atoms with Crippen molar-refractivity contribution in [3.8, 4) is 5.75 Å². The van der Waals surface area contributed by atoms with Crippen LogP contribution in [0.15, 0.2) is 70.6 Å². The van der Waals surface area contributed by atoms with Gasteiger partial charge < -0.3 is 14.6 Å². The molecule has 0 saturated carbocycles. The summed E-state index contributed by atoms with van der Waals surface area (Å²) in [5.41, 5.74) is 2.78. The maximum absolute atomic E-state index is 13.6. The average molecular weight is 669 g/mol. The minimum Gasteiger partial charge on any atom is -0.507 e. The van der Waals surface area contributed by atoms with Gasteiger partial charge in [0.1, 0.15) is 17.6 Å². The van der Waals surface area contributed by atoms with E-state index in [4.69, 9.17) is 32.7 Å². The maximum atomic E-state index is 13.6. The van der Waals surface area contributed by atoms with Crippen LogP contribution in [0.1, 0.15) is 45.6 Å². The van der Waals surface area contributed by atoms with Gasteiger partial charge in [-0.1, -0.05) is 64.5 Å². The van der Waals surface area contributed by atoms with E-state index in [1.807, 2.05) is 13.0 Å². The van der Waals surface area contributed by atoms with Crippen molar-refractivity contribution in [2.75, 3.05) is 12.0 Å². The van der Waals surface area contributed by atoms with Crippen LogP contribution in [0.3, 0.4) is 0 Å². The molecule has 0 aliphatic carbocycles. The molecule has 1 amide bonds. The second-order valence-corrected chi connectivity index (χ2v) is 13.1. The molecule has 0 spiro atoms. The number of hydrogen-bond donors (Lipinski definition) is 1. The van der Waals surface area contributed by atoms with E-state index in [9.17, 15) is 19.5 Å². The topological polar surface area (TPSA) is 119 Å². The third-order valence-electron chi connectivity index (χ3n) is 7.23. The van der Waals surface area contributed by atoms with Gasteiger partial charge in [0, 0.05) is 27.8 Å². The number of halogens is 2. The first-order valence-electron chi connectivity index (χ1n) is 13.3. The monoisotopic (exact) mass is 667 g/mol. The summed E-state index contributed by atoms with van der Waals surface area (Å²) in [4.78, 5) is 40.5. The molecule has 6 rings (SSSR count). The van der Waals surface area contributed by atoms with Gasteiger partial charge in [0.25, 0.3) is 5.78 Å². The Bertz CT molecular complexity index is 1840. The molecule has 1 aromatic heterocycles. The van der Waals surface area contributed by atoms with Gasteiger partial charge in [-0.15, -0.1) is 10.2 Å². The molecule has 3 heterocycles. The number of methoxy groups -OCH3 is 1.